The molecular weight excluding hydrogens is 245 g/mol. The zero-order valence-electron chi connectivity index (χ0n) is 12.2. The Hall–Kier alpha value is -1.13. The van der Waals surface area contributed by atoms with E-state index < -0.39 is 5.54 Å². The minimum atomic E-state index is -0.408. The first-order valence-electron chi connectivity index (χ1n) is 6.64. The summed E-state index contributed by atoms with van der Waals surface area (Å²) in [6, 6.07) is 5.37. The van der Waals surface area contributed by atoms with Crippen LogP contribution < -0.4 is 10.1 Å². The Bertz CT molecular complexity index is 409. The third-order valence-corrected chi connectivity index (χ3v) is 3.05. The normalized spacial score (nSPS) is 14.5. The van der Waals surface area contributed by atoms with Crippen LogP contribution in [0.25, 0.3) is 0 Å². The van der Waals surface area contributed by atoms with Crippen LogP contribution in [0.15, 0.2) is 18.2 Å². The average Bonchev–Trinajstić information content (AvgIpc) is 2.33. The maximum Gasteiger partial charge on any atom is 0.167 e. The third-order valence-electron chi connectivity index (χ3n) is 3.05. The lowest BCUT2D eigenvalue weighted by Crippen LogP contribution is -2.50. The van der Waals surface area contributed by atoms with Gasteiger partial charge in [-0.25, -0.2) is 4.39 Å². The fraction of sp³-hybridized carbons (Fsp3) is 0.600. The van der Waals surface area contributed by atoms with Crippen molar-refractivity contribution in [1.82, 2.24) is 5.32 Å². The van der Waals surface area contributed by atoms with Crippen LogP contribution in [0.4, 0.5) is 4.39 Å². The molecule has 0 aliphatic heterocycles. The van der Waals surface area contributed by atoms with Crippen LogP contribution in [0.5, 0.6) is 5.75 Å². The van der Waals surface area contributed by atoms with Gasteiger partial charge in [-0.05, 0) is 25.5 Å². The summed E-state index contributed by atoms with van der Waals surface area (Å²) in [6.45, 7) is 8.06. The van der Waals surface area contributed by atoms with Gasteiger partial charge in [-0.2, -0.15) is 0 Å². The van der Waals surface area contributed by atoms with E-state index in [9.17, 15) is 9.50 Å². The third kappa shape index (κ3) is 4.80. The summed E-state index contributed by atoms with van der Waals surface area (Å²) in [4.78, 5) is 0. The number of halogens is 1. The highest BCUT2D eigenvalue weighted by Gasteiger charge is 2.23. The quantitative estimate of drug-likeness (QED) is 0.799. The van der Waals surface area contributed by atoms with E-state index in [1.54, 1.807) is 25.1 Å². The first-order chi connectivity index (χ1) is 8.88. The molecule has 0 spiro atoms. The van der Waals surface area contributed by atoms with E-state index in [0.29, 0.717) is 18.6 Å². The number of aliphatic hydroxyl groups is 1. The highest BCUT2D eigenvalue weighted by molar-refractivity contribution is 5.30. The van der Waals surface area contributed by atoms with Gasteiger partial charge in [-0.3, -0.25) is 0 Å². The maximum absolute atomic E-state index is 13.7. The minimum Gasteiger partial charge on any atom is -0.490 e. The predicted molar refractivity (Wildman–Crippen MR) is 75.0 cm³/mol. The fourth-order valence-electron chi connectivity index (χ4n) is 2.01. The molecule has 1 unspecified atom stereocenters. The van der Waals surface area contributed by atoms with Crippen molar-refractivity contribution in [2.75, 3.05) is 13.2 Å². The number of nitrogens with one attached hydrogen (secondary N) is 1. The van der Waals surface area contributed by atoms with Gasteiger partial charge in [0.25, 0.3) is 0 Å². The van der Waals surface area contributed by atoms with Crippen LogP contribution in [0.1, 0.15) is 32.8 Å². The Morgan fingerprint density at radius 3 is 2.68 bits per heavy atom. The fourth-order valence-corrected chi connectivity index (χ4v) is 2.01. The van der Waals surface area contributed by atoms with Crippen molar-refractivity contribution in [3.63, 3.8) is 0 Å². The standard InChI is InChI=1S/C15H24FNO2/c1-11(2)17-15(4,10-18)8-9-19-13-7-5-6-12(3)14(13)16/h5-7,11,17-18H,8-10H2,1-4H3. The summed E-state index contributed by atoms with van der Waals surface area (Å²) in [5.74, 6) is -0.0464. The number of aliphatic hydroxyl groups excluding tert-OH is 1. The van der Waals surface area contributed by atoms with Crippen LogP contribution >= 0.6 is 0 Å². The van der Waals surface area contributed by atoms with E-state index in [1.165, 1.54) is 0 Å². The van der Waals surface area contributed by atoms with Gasteiger partial charge >= 0.3 is 0 Å². The largest absolute Gasteiger partial charge is 0.490 e. The maximum atomic E-state index is 13.7. The van der Waals surface area contributed by atoms with Crippen LogP contribution in [0.3, 0.4) is 0 Å². The minimum absolute atomic E-state index is 0.0187. The molecule has 0 radical (unpaired) electrons. The summed E-state index contributed by atoms with van der Waals surface area (Å²) < 4.78 is 19.2. The van der Waals surface area contributed by atoms with E-state index in [4.69, 9.17) is 4.74 Å². The molecule has 2 N–H and O–H groups in total. The summed E-state index contributed by atoms with van der Waals surface area (Å²) in [6.07, 6.45) is 0.606. The molecule has 1 aromatic carbocycles. The Labute approximate surface area is 114 Å². The summed E-state index contributed by atoms with van der Waals surface area (Å²) in [7, 11) is 0. The average molecular weight is 269 g/mol. The van der Waals surface area contributed by atoms with Crippen LogP contribution in [-0.2, 0) is 0 Å². The van der Waals surface area contributed by atoms with E-state index in [1.807, 2.05) is 20.8 Å². The molecule has 0 aliphatic carbocycles. The van der Waals surface area contributed by atoms with Gasteiger partial charge in [0.05, 0.1) is 13.2 Å². The van der Waals surface area contributed by atoms with Crippen molar-refractivity contribution in [2.24, 2.45) is 0 Å². The highest BCUT2D eigenvalue weighted by Crippen LogP contribution is 2.20. The first kappa shape index (κ1) is 15.9. The molecule has 4 heteroatoms. The molecule has 1 atom stereocenters. The van der Waals surface area contributed by atoms with Gasteiger partial charge in [-0.1, -0.05) is 26.0 Å². The molecule has 108 valence electrons. The summed E-state index contributed by atoms with van der Waals surface area (Å²) in [5.41, 5.74) is 0.164. The molecule has 1 aromatic rings. The van der Waals surface area contributed by atoms with Crippen LogP contribution in [0.2, 0.25) is 0 Å². The van der Waals surface area contributed by atoms with Crippen LogP contribution in [0, 0.1) is 12.7 Å². The van der Waals surface area contributed by atoms with Crippen molar-refractivity contribution in [2.45, 2.75) is 45.7 Å². The SMILES string of the molecule is Cc1cccc(OCCC(C)(CO)NC(C)C)c1F. The molecule has 19 heavy (non-hydrogen) atoms. The molecule has 0 heterocycles. The van der Waals surface area contributed by atoms with Gasteiger partial charge in [0.2, 0.25) is 0 Å². The van der Waals surface area contributed by atoms with Crippen LogP contribution in [-0.4, -0.2) is 29.9 Å². The molecule has 0 saturated carbocycles. The Morgan fingerprint density at radius 1 is 1.42 bits per heavy atom. The Balaban J connectivity index is 2.55. The lowest BCUT2D eigenvalue weighted by Gasteiger charge is -2.31. The smallest absolute Gasteiger partial charge is 0.167 e. The van der Waals surface area contributed by atoms with Crippen molar-refractivity contribution in [3.05, 3.63) is 29.6 Å². The van der Waals surface area contributed by atoms with Crippen molar-refractivity contribution < 1.29 is 14.2 Å². The summed E-state index contributed by atoms with van der Waals surface area (Å²) in [5, 5.41) is 12.7. The van der Waals surface area contributed by atoms with Gasteiger partial charge in [-0.15, -0.1) is 0 Å². The molecular formula is C15H24FNO2. The van der Waals surface area contributed by atoms with Gasteiger partial charge in [0.15, 0.2) is 11.6 Å². The first-order valence-corrected chi connectivity index (χ1v) is 6.64. The zero-order chi connectivity index (χ0) is 14.5. The molecule has 1 rings (SSSR count). The second kappa shape index (κ2) is 6.87. The number of hydrogen-bond donors (Lipinski definition) is 2. The molecule has 3 nitrogen and oxygen atoms in total. The van der Waals surface area contributed by atoms with E-state index in [0.717, 1.165) is 0 Å². The van der Waals surface area contributed by atoms with Crippen molar-refractivity contribution in [3.8, 4) is 5.75 Å². The number of hydrogen-bond acceptors (Lipinski definition) is 3. The van der Waals surface area contributed by atoms with Gasteiger partial charge < -0.3 is 15.2 Å². The topological polar surface area (TPSA) is 41.5 Å². The van der Waals surface area contributed by atoms with Gasteiger partial charge in [0.1, 0.15) is 0 Å². The van der Waals surface area contributed by atoms with Crippen molar-refractivity contribution >= 4 is 0 Å². The Kier molecular flexibility index (Phi) is 5.76. The molecule has 0 saturated heterocycles. The second-order valence-corrected chi connectivity index (χ2v) is 5.50. The zero-order valence-corrected chi connectivity index (χ0v) is 12.2. The molecule has 0 aromatic heterocycles. The highest BCUT2D eigenvalue weighted by atomic mass is 19.1. The number of ether oxygens (including phenoxy) is 1. The summed E-state index contributed by atoms with van der Waals surface area (Å²) >= 11 is 0. The van der Waals surface area contributed by atoms with E-state index in [2.05, 4.69) is 5.32 Å². The second-order valence-electron chi connectivity index (χ2n) is 5.50. The van der Waals surface area contributed by atoms with Gasteiger partial charge in [0, 0.05) is 18.0 Å². The number of rotatable bonds is 7. The lowest BCUT2D eigenvalue weighted by molar-refractivity contribution is 0.135. The monoisotopic (exact) mass is 269 g/mol. The molecule has 0 bridgehead atoms. The lowest BCUT2D eigenvalue weighted by atomic mass is 9.98. The van der Waals surface area contributed by atoms with E-state index in [-0.39, 0.29) is 24.2 Å². The number of aryl methyl sites for hydroxylation is 1. The van der Waals surface area contributed by atoms with Crippen molar-refractivity contribution in [1.29, 1.82) is 0 Å². The van der Waals surface area contributed by atoms with E-state index >= 15 is 0 Å². The number of benzene rings is 1. The molecule has 0 aliphatic rings. The molecule has 0 fully saturated rings. The predicted octanol–water partition coefficient (Wildman–Crippen LogP) is 2.65. The molecule has 0 amide bonds. The Morgan fingerprint density at radius 2 is 2.11 bits per heavy atom.